The molecule has 1 aromatic heterocycles. The van der Waals surface area contributed by atoms with Gasteiger partial charge in [0.2, 0.25) is 0 Å². The van der Waals surface area contributed by atoms with Gasteiger partial charge in [0.1, 0.15) is 11.6 Å². The monoisotopic (exact) mass is 365 g/mol. The van der Waals surface area contributed by atoms with Crippen molar-refractivity contribution in [3.63, 3.8) is 0 Å². The van der Waals surface area contributed by atoms with Crippen LogP contribution in [0.25, 0.3) is 0 Å². The van der Waals surface area contributed by atoms with Crippen molar-refractivity contribution in [3.8, 4) is 0 Å². The summed E-state index contributed by atoms with van der Waals surface area (Å²) < 4.78 is 27.5. The van der Waals surface area contributed by atoms with Crippen molar-refractivity contribution >= 4 is 38.9 Å². The van der Waals surface area contributed by atoms with Crippen molar-refractivity contribution in [2.45, 2.75) is 13.0 Å². The topological polar surface area (TPSA) is 12.0 Å². The Morgan fingerprint density at radius 3 is 2.37 bits per heavy atom. The fourth-order valence-electron chi connectivity index (χ4n) is 1.83. The molecule has 0 saturated carbocycles. The van der Waals surface area contributed by atoms with Crippen LogP contribution in [0, 0.1) is 11.6 Å². The van der Waals surface area contributed by atoms with Crippen molar-refractivity contribution in [1.29, 1.82) is 0 Å². The van der Waals surface area contributed by atoms with E-state index in [2.05, 4.69) is 21.2 Å². The lowest BCUT2D eigenvalue weighted by molar-refractivity contribution is 0.567. The van der Waals surface area contributed by atoms with Crippen LogP contribution in [0.15, 0.2) is 28.1 Å². The van der Waals surface area contributed by atoms with Crippen molar-refractivity contribution in [2.75, 3.05) is 6.54 Å². The number of hydrogen-bond donors (Lipinski definition) is 1. The summed E-state index contributed by atoms with van der Waals surface area (Å²) in [7, 11) is 0. The van der Waals surface area contributed by atoms with Crippen LogP contribution in [-0.4, -0.2) is 6.54 Å². The number of rotatable bonds is 4. The highest BCUT2D eigenvalue weighted by Gasteiger charge is 2.18. The van der Waals surface area contributed by atoms with Gasteiger partial charge in [0, 0.05) is 10.9 Å². The van der Waals surface area contributed by atoms with E-state index in [0.717, 1.165) is 14.7 Å². The Balaban J connectivity index is 2.44. The molecule has 0 amide bonds. The predicted octanol–water partition coefficient (Wildman–Crippen LogP) is 5.14. The van der Waals surface area contributed by atoms with Gasteiger partial charge in [-0.2, -0.15) is 0 Å². The summed E-state index contributed by atoms with van der Waals surface area (Å²) in [5, 5.41) is 3.80. The molecule has 0 fully saturated rings. The standard InChI is InChI=1S/C13H11BrClF2NS/c1-2-18-12(11-6-10(15)13(14)19-11)7-3-8(16)5-9(17)4-7/h3-6,12,18H,2H2,1H3. The Morgan fingerprint density at radius 2 is 1.89 bits per heavy atom. The number of benzene rings is 1. The molecule has 0 aliphatic carbocycles. The average molecular weight is 367 g/mol. The third kappa shape index (κ3) is 3.54. The van der Waals surface area contributed by atoms with Gasteiger partial charge in [0.25, 0.3) is 0 Å². The smallest absolute Gasteiger partial charge is 0.126 e. The van der Waals surface area contributed by atoms with Crippen LogP contribution in [0.1, 0.15) is 23.4 Å². The lowest BCUT2D eigenvalue weighted by Crippen LogP contribution is -2.21. The lowest BCUT2D eigenvalue weighted by Gasteiger charge is -2.17. The quantitative estimate of drug-likeness (QED) is 0.790. The molecule has 0 radical (unpaired) electrons. The fourth-order valence-corrected chi connectivity index (χ4v) is 3.68. The van der Waals surface area contributed by atoms with E-state index in [1.54, 1.807) is 6.07 Å². The summed E-state index contributed by atoms with van der Waals surface area (Å²) in [6.07, 6.45) is 0. The maximum atomic E-state index is 13.3. The molecule has 0 aliphatic rings. The van der Waals surface area contributed by atoms with Gasteiger partial charge in [-0.3, -0.25) is 0 Å². The zero-order valence-electron chi connectivity index (χ0n) is 10.0. The summed E-state index contributed by atoms with van der Waals surface area (Å²) in [6.45, 7) is 2.61. The first kappa shape index (κ1) is 14.9. The first-order valence-electron chi connectivity index (χ1n) is 5.65. The van der Waals surface area contributed by atoms with Gasteiger partial charge in [-0.1, -0.05) is 18.5 Å². The summed E-state index contributed by atoms with van der Waals surface area (Å²) in [4.78, 5) is 0.906. The Morgan fingerprint density at radius 1 is 1.26 bits per heavy atom. The highest BCUT2D eigenvalue weighted by Crippen LogP contribution is 2.37. The Hall–Kier alpha value is -0.490. The molecule has 0 spiro atoms. The normalized spacial score (nSPS) is 12.7. The zero-order chi connectivity index (χ0) is 14.0. The summed E-state index contributed by atoms with van der Waals surface area (Å²) in [5.74, 6) is -1.17. The van der Waals surface area contributed by atoms with Gasteiger partial charge in [0.15, 0.2) is 0 Å². The predicted molar refractivity (Wildman–Crippen MR) is 78.9 cm³/mol. The number of hydrogen-bond acceptors (Lipinski definition) is 2. The second-order valence-electron chi connectivity index (χ2n) is 3.96. The number of thiophene rings is 1. The third-order valence-electron chi connectivity index (χ3n) is 2.58. The molecule has 102 valence electrons. The number of nitrogens with one attached hydrogen (secondary N) is 1. The minimum absolute atomic E-state index is 0.274. The maximum absolute atomic E-state index is 13.3. The molecular formula is C13H11BrClF2NS. The minimum Gasteiger partial charge on any atom is -0.306 e. The van der Waals surface area contributed by atoms with Crippen molar-refractivity contribution in [2.24, 2.45) is 0 Å². The van der Waals surface area contributed by atoms with E-state index in [0.29, 0.717) is 17.1 Å². The molecule has 19 heavy (non-hydrogen) atoms. The van der Waals surface area contributed by atoms with Crippen LogP contribution in [0.4, 0.5) is 8.78 Å². The third-order valence-corrected chi connectivity index (χ3v) is 5.11. The highest BCUT2D eigenvalue weighted by molar-refractivity contribution is 9.11. The van der Waals surface area contributed by atoms with Gasteiger partial charge in [-0.25, -0.2) is 8.78 Å². The van der Waals surface area contributed by atoms with Crippen molar-refractivity contribution in [3.05, 3.63) is 55.1 Å². The van der Waals surface area contributed by atoms with E-state index < -0.39 is 11.6 Å². The van der Waals surface area contributed by atoms with Gasteiger partial charge in [-0.15, -0.1) is 11.3 Å². The van der Waals surface area contributed by atoms with E-state index in [9.17, 15) is 8.78 Å². The molecule has 0 saturated heterocycles. The largest absolute Gasteiger partial charge is 0.306 e. The molecule has 1 nitrogen and oxygen atoms in total. The molecule has 2 rings (SSSR count). The van der Waals surface area contributed by atoms with E-state index in [1.165, 1.54) is 23.5 Å². The summed E-state index contributed by atoms with van der Waals surface area (Å²) in [6, 6.07) is 5.05. The average Bonchev–Trinajstić information content (AvgIpc) is 2.65. The second kappa shape index (κ2) is 6.31. The second-order valence-corrected chi connectivity index (χ2v) is 6.77. The van der Waals surface area contributed by atoms with Crippen LogP contribution in [0.2, 0.25) is 5.02 Å². The van der Waals surface area contributed by atoms with E-state index in [1.807, 2.05) is 6.92 Å². The Labute approximate surface area is 127 Å². The molecule has 0 aliphatic heterocycles. The van der Waals surface area contributed by atoms with Crippen LogP contribution >= 0.6 is 38.9 Å². The van der Waals surface area contributed by atoms with Gasteiger partial charge in [0.05, 0.1) is 14.9 Å². The van der Waals surface area contributed by atoms with Gasteiger partial charge in [-0.05, 0) is 46.2 Å². The van der Waals surface area contributed by atoms with Crippen molar-refractivity contribution < 1.29 is 8.78 Å². The van der Waals surface area contributed by atoms with Gasteiger partial charge >= 0.3 is 0 Å². The molecule has 1 atom stereocenters. The highest BCUT2D eigenvalue weighted by atomic mass is 79.9. The Bertz CT molecular complexity index is 548. The van der Waals surface area contributed by atoms with Crippen LogP contribution in [0.3, 0.4) is 0 Å². The first-order valence-corrected chi connectivity index (χ1v) is 7.64. The van der Waals surface area contributed by atoms with E-state index in [4.69, 9.17) is 11.6 Å². The van der Waals surface area contributed by atoms with Crippen molar-refractivity contribution in [1.82, 2.24) is 5.32 Å². The first-order chi connectivity index (χ1) is 9.01. The van der Waals surface area contributed by atoms with Crippen LogP contribution < -0.4 is 5.32 Å². The number of halogens is 4. The minimum atomic E-state index is -0.584. The van der Waals surface area contributed by atoms with Crippen LogP contribution in [0.5, 0.6) is 0 Å². The Kier molecular flexibility index (Phi) is 4.95. The molecule has 2 aromatic rings. The van der Waals surface area contributed by atoms with E-state index in [-0.39, 0.29) is 6.04 Å². The summed E-state index contributed by atoms with van der Waals surface area (Å²) >= 11 is 10.8. The molecule has 1 heterocycles. The molecule has 1 unspecified atom stereocenters. The zero-order valence-corrected chi connectivity index (χ0v) is 13.2. The van der Waals surface area contributed by atoms with Gasteiger partial charge < -0.3 is 5.32 Å². The lowest BCUT2D eigenvalue weighted by atomic mass is 10.0. The maximum Gasteiger partial charge on any atom is 0.126 e. The summed E-state index contributed by atoms with van der Waals surface area (Å²) in [5.41, 5.74) is 0.546. The molecule has 0 bridgehead atoms. The van der Waals surface area contributed by atoms with Crippen LogP contribution in [-0.2, 0) is 0 Å². The van der Waals surface area contributed by atoms with E-state index >= 15 is 0 Å². The SMILES string of the molecule is CCNC(c1cc(F)cc(F)c1)c1cc(Cl)c(Br)s1. The molecule has 1 N–H and O–H groups in total. The molecule has 1 aromatic carbocycles. The molecule has 6 heteroatoms. The fraction of sp³-hybridized carbons (Fsp3) is 0.231. The molecular weight excluding hydrogens is 356 g/mol.